The minimum atomic E-state index is 0.654. The summed E-state index contributed by atoms with van der Waals surface area (Å²) in [6.07, 6.45) is 18.6. The Hall–Kier alpha value is -5.09. The van der Waals surface area contributed by atoms with E-state index in [0.29, 0.717) is 17.5 Å². The fourth-order valence-corrected chi connectivity index (χ4v) is 5.30. The molecule has 0 unspecified atom stereocenters. The van der Waals surface area contributed by atoms with E-state index in [9.17, 15) is 0 Å². The molecule has 7 rings (SSSR count). The van der Waals surface area contributed by atoms with E-state index in [0.717, 1.165) is 52.0 Å². The Bertz CT molecular complexity index is 1880. The van der Waals surface area contributed by atoms with Gasteiger partial charge < -0.3 is 4.42 Å². The van der Waals surface area contributed by atoms with Gasteiger partial charge in [0, 0.05) is 27.6 Å². The minimum absolute atomic E-state index is 0.654. The highest BCUT2D eigenvalue weighted by Gasteiger charge is 2.18. The Labute approximate surface area is 233 Å². The molecule has 0 fully saturated rings. The third-order valence-corrected chi connectivity index (χ3v) is 7.30. The Balaban J connectivity index is 1.33. The van der Waals surface area contributed by atoms with Crippen molar-refractivity contribution in [3.05, 3.63) is 138 Å². The van der Waals surface area contributed by atoms with Crippen molar-refractivity contribution in [3.63, 3.8) is 0 Å². The quantitative estimate of drug-likeness (QED) is 0.239. The molecule has 2 aliphatic rings. The molecule has 2 aromatic heterocycles. The molecule has 0 radical (unpaired) electrons. The summed E-state index contributed by atoms with van der Waals surface area (Å²) in [6, 6.07) is 24.9. The fourth-order valence-electron chi connectivity index (χ4n) is 5.30. The van der Waals surface area contributed by atoms with Gasteiger partial charge in [0.2, 0.25) is 0 Å². The normalized spacial score (nSPS) is 14.4. The zero-order valence-electron chi connectivity index (χ0n) is 22.2. The number of allylic oxidation sites excluding steroid dienone is 9. The largest absolute Gasteiger partial charge is 0.456 e. The molecule has 4 nitrogen and oxygen atoms in total. The predicted octanol–water partition coefficient (Wildman–Crippen LogP) is 9.03. The van der Waals surface area contributed by atoms with Crippen LogP contribution in [0.1, 0.15) is 30.5 Å². The highest BCUT2D eigenvalue weighted by atomic mass is 16.3. The van der Waals surface area contributed by atoms with Gasteiger partial charge in [0.15, 0.2) is 17.5 Å². The summed E-state index contributed by atoms with van der Waals surface area (Å²) in [7, 11) is 0. The summed E-state index contributed by atoms with van der Waals surface area (Å²) in [4.78, 5) is 14.7. The van der Waals surface area contributed by atoms with Crippen LogP contribution < -0.4 is 0 Å². The Morgan fingerprint density at radius 3 is 2.20 bits per heavy atom. The third kappa shape index (κ3) is 4.54. The summed E-state index contributed by atoms with van der Waals surface area (Å²) in [6.45, 7) is 2.13. The summed E-state index contributed by atoms with van der Waals surface area (Å²) in [5.41, 5.74) is 8.59. The van der Waals surface area contributed by atoms with Gasteiger partial charge in [-0.1, -0.05) is 115 Å². The SMILES string of the molecule is CC1=CC(c2nc(-c3ccccc3)nc(-c3ccc(-c4cccc5oc6c(c45)CC=CC=C6)cc3)n2)=CC=CC1. The second-order valence-corrected chi connectivity index (χ2v) is 10.1. The maximum absolute atomic E-state index is 6.20. The van der Waals surface area contributed by atoms with E-state index in [1.165, 1.54) is 16.5 Å². The molecule has 2 heterocycles. The molecule has 0 amide bonds. The molecule has 0 atom stereocenters. The highest BCUT2D eigenvalue weighted by Crippen LogP contribution is 2.37. The van der Waals surface area contributed by atoms with Crippen LogP contribution in [0.3, 0.4) is 0 Å². The average molecular weight is 518 g/mol. The first-order valence-electron chi connectivity index (χ1n) is 13.6. The molecule has 40 heavy (non-hydrogen) atoms. The van der Waals surface area contributed by atoms with Gasteiger partial charge in [-0.15, -0.1) is 0 Å². The van der Waals surface area contributed by atoms with Crippen molar-refractivity contribution in [2.24, 2.45) is 0 Å². The van der Waals surface area contributed by atoms with Gasteiger partial charge in [0.25, 0.3) is 0 Å². The number of furan rings is 1. The predicted molar refractivity (Wildman–Crippen MR) is 163 cm³/mol. The van der Waals surface area contributed by atoms with Crippen LogP contribution in [-0.2, 0) is 6.42 Å². The van der Waals surface area contributed by atoms with Gasteiger partial charge >= 0.3 is 0 Å². The third-order valence-electron chi connectivity index (χ3n) is 7.30. The summed E-state index contributed by atoms with van der Waals surface area (Å²) < 4.78 is 6.20. The first kappa shape index (κ1) is 24.0. The lowest BCUT2D eigenvalue weighted by Crippen LogP contribution is -2.02. The van der Waals surface area contributed by atoms with Gasteiger partial charge in [-0.3, -0.25) is 0 Å². The van der Waals surface area contributed by atoms with Crippen LogP contribution in [0.15, 0.2) is 125 Å². The number of rotatable bonds is 4. The second kappa shape index (κ2) is 10.2. The van der Waals surface area contributed by atoms with Gasteiger partial charge in [-0.25, -0.2) is 15.0 Å². The van der Waals surface area contributed by atoms with Crippen LogP contribution in [0.2, 0.25) is 0 Å². The lowest BCUT2D eigenvalue weighted by molar-refractivity contribution is 0.600. The van der Waals surface area contributed by atoms with Crippen LogP contribution in [0, 0.1) is 0 Å². The molecule has 0 bridgehead atoms. The topological polar surface area (TPSA) is 51.8 Å². The number of hydrogen-bond donors (Lipinski definition) is 0. The van der Waals surface area contributed by atoms with Gasteiger partial charge in [0.1, 0.15) is 11.3 Å². The number of nitrogens with zero attached hydrogens (tertiary/aromatic N) is 3. The molecule has 0 saturated heterocycles. The zero-order valence-corrected chi connectivity index (χ0v) is 22.2. The zero-order chi connectivity index (χ0) is 26.9. The molecule has 0 spiro atoms. The molecule has 0 saturated carbocycles. The molecule has 3 aromatic carbocycles. The first-order chi connectivity index (χ1) is 19.7. The molecule has 4 heteroatoms. The van der Waals surface area contributed by atoms with Crippen molar-refractivity contribution in [2.75, 3.05) is 0 Å². The van der Waals surface area contributed by atoms with E-state index in [2.05, 4.69) is 79.8 Å². The number of benzene rings is 3. The lowest BCUT2D eigenvalue weighted by Gasteiger charge is -2.10. The molecule has 2 aliphatic carbocycles. The van der Waals surface area contributed by atoms with Crippen LogP contribution in [0.5, 0.6) is 0 Å². The molecular weight excluding hydrogens is 490 g/mol. The lowest BCUT2D eigenvalue weighted by atomic mass is 9.96. The van der Waals surface area contributed by atoms with E-state index >= 15 is 0 Å². The number of hydrogen-bond acceptors (Lipinski definition) is 4. The van der Waals surface area contributed by atoms with Crippen LogP contribution in [0.4, 0.5) is 0 Å². The van der Waals surface area contributed by atoms with Crippen molar-refractivity contribution >= 4 is 22.6 Å². The van der Waals surface area contributed by atoms with E-state index in [1.54, 1.807) is 0 Å². The van der Waals surface area contributed by atoms with Gasteiger partial charge in [-0.2, -0.15) is 0 Å². The second-order valence-electron chi connectivity index (χ2n) is 10.1. The van der Waals surface area contributed by atoms with Gasteiger partial charge in [0.05, 0.1) is 0 Å². The minimum Gasteiger partial charge on any atom is -0.456 e. The van der Waals surface area contributed by atoms with Crippen molar-refractivity contribution in [2.45, 2.75) is 19.8 Å². The molecule has 192 valence electrons. The highest BCUT2D eigenvalue weighted by molar-refractivity contribution is 5.98. The van der Waals surface area contributed by atoms with Crippen molar-refractivity contribution in [1.29, 1.82) is 0 Å². The summed E-state index contributed by atoms with van der Waals surface area (Å²) >= 11 is 0. The van der Waals surface area contributed by atoms with Crippen LogP contribution in [-0.4, -0.2) is 15.0 Å². The number of fused-ring (bicyclic) bond motifs is 3. The molecular formula is C36H27N3O. The van der Waals surface area contributed by atoms with E-state index in [-0.39, 0.29) is 0 Å². The van der Waals surface area contributed by atoms with Crippen molar-refractivity contribution < 1.29 is 4.42 Å². The van der Waals surface area contributed by atoms with E-state index < -0.39 is 0 Å². The van der Waals surface area contributed by atoms with Crippen molar-refractivity contribution in [1.82, 2.24) is 15.0 Å². The average Bonchev–Trinajstić information content (AvgIpc) is 3.13. The number of aromatic nitrogens is 3. The smallest absolute Gasteiger partial charge is 0.164 e. The standard InChI is InChI=1S/C36H27N3O/c1-24-11-8-9-14-28(23-24)36-38-34(26-12-4-2-5-13-26)37-35(39-36)27-21-19-25(20-22-27)29-16-10-18-32-33(29)30-15-6-3-7-17-31(30)40-32/h2-10,12-14,16-23H,11,15H2,1H3. The maximum atomic E-state index is 6.20. The Kier molecular flexibility index (Phi) is 6.14. The van der Waals surface area contributed by atoms with Crippen LogP contribution >= 0.6 is 0 Å². The van der Waals surface area contributed by atoms with E-state index in [4.69, 9.17) is 19.4 Å². The fraction of sp³-hybridized carbons (Fsp3) is 0.0833. The Morgan fingerprint density at radius 2 is 1.38 bits per heavy atom. The van der Waals surface area contributed by atoms with E-state index in [1.807, 2.05) is 48.6 Å². The Morgan fingerprint density at radius 1 is 0.650 bits per heavy atom. The maximum Gasteiger partial charge on any atom is 0.164 e. The van der Waals surface area contributed by atoms with Crippen molar-refractivity contribution in [3.8, 4) is 33.9 Å². The first-order valence-corrected chi connectivity index (χ1v) is 13.6. The summed E-state index contributed by atoms with van der Waals surface area (Å²) in [5.74, 6) is 2.92. The molecule has 0 N–H and O–H groups in total. The molecule has 5 aromatic rings. The van der Waals surface area contributed by atoms with Gasteiger partial charge in [-0.05, 0) is 43.0 Å². The monoisotopic (exact) mass is 517 g/mol. The summed E-state index contributed by atoms with van der Waals surface area (Å²) in [5, 5.41) is 1.17. The molecule has 0 aliphatic heterocycles. The van der Waals surface area contributed by atoms with Crippen LogP contribution in [0.25, 0.3) is 56.5 Å².